The first kappa shape index (κ1) is 19.6. The van der Waals surface area contributed by atoms with E-state index in [1.807, 2.05) is 0 Å². The molecule has 1 aromatic carbocycles. The van der Waals surface area contributed by atoms with E-state index in [0.29, 0.717) is 0 Å². The van der Waals surface area contributed by atoms with Crippen LogP contribution in [-0.4, -0.2) is 58.6 Å². The van der Waals surface area contributed by atoms with E-state index < -0.39 is 48.4 Å². The fourth-order valence-corrected chi connectivity index (χ4v) is 2.56. The lowest BCUT2D eigenvalue weighted by Crippen LogP contribution is -2.62. The number of hydrogen-bond donors (Lipinski definition) is 2. The largest absolute Gasteiger partial charge is 0.459 e. The van der Waals surface area contributed by atoms with Gasteiger partial charge in [0.15, 0.2) is 11.7 Å². The molecule has 0 spiro atoms. The van der Waals surface area contributed by atoms with Gasteiger partial charge in [0.25, 0.3) is 0 Å². The van der Waals surface area contributed by atoms with Gasteiger partial charge in [0.1, 0.15) is 18.8 Å². The maximum atomic E-state index is 12.1. The number of esters is 3. The van der Waals surface area contributed by atoms with E-state index in [2.05, 4.69) is 0 Å². The van der Waals surface area contributed by atoms with E-state index in [0.717, 1.165) is 13.8 Å². The van der Waals surface area contributed by atoms with Gasteiger partial charge in [-0.2, -0.15) is 0 Å². The summed E-state index contributed by atoms with van der Waals surface area (Å²) in [6.07, 6.45) is -1.57. The Bertz CT molecular complexity index is 698. The number of aliphatic hydroxyl groups excluding tert-OH is 1. The molecule has 0 saturated heterocycles. The lowest BCUT2D eigenvalue weighted by Gasteiger charge is -2.41. The van der Waals surface area contributed by atoms with Crippen molar-refractivity contribution in [2.45, 2.75) is 37.8 Å². The molecule has 1 aliphatic carbocycles. The summed E-state index contributed by atoms with van der Waals surface area (Å²) in [5.41, 5.74) is -1.94. The van der Waals surface area contributed by atoms with Crippen molar-refractivity contribution in [1.29, 1.82) is 0 Å². The first-order chi connectivity index (χ1) is 12.2. The molecule has 2 N–H and O–H groups in total. The van der Waals surface area contributed by atoms with E-state index >= 15 is 0 Å². The van der Waals surface area contributed by atoms with Crippen molar-refractivity contribution in [3.05, 3.63) is 48.0 Å². The molecule has 0 bridgehead atoms. The Morgan fingerprint density at radius 2 is 1.65 bits per heavy atom. The zero-order chi connectivity index (χ0) is 19.3. The number of rotatable bonds is 5. The third-order valence-electron chi connectivity index (χ3n) is 3.83. The highest BCUT2D eigenvalue weighted by Crippen LogP contribution is 2.30. The van der Waals surface area contributed by atoms with Crippen molar-refractivity contribution in [3.63, 3.8) is 0 Å². The summed E-state index contributed by atoms with van der Waals surface area (Å²) in [6.45, 7) is 1.60. The Hall–Kier alpha value is -2.71. The minimum atomic E-state index is -2.19. The van der Waals surface area contributed by atoms with Crippen LogP contribution in [0.2, 0.25) is 0 Å². The topological polar surface area (TPSA) is 119 Å². The first-order valence-electron chi connectivity index (χ1n) is 7.89. The average molecular weight is 364 g/mol. The molecule has 2 rings (SSSR count). The quantitative estimate of drug-likeness (QED) is 0.437. The molecule has 8 nitrogen and oxygen atoms in total. The number of hydrogen-bond acceptors (Lipinski definition) is 8. The fourth-order valence-electron chi connectivity index (χ4n) is 2.56. The number of carbonyl (C=O) groups excluding carboxylic acids is 3. The highest BCUT2D eigenvalue weighted by molar-refractivity contribution is 5.89. The van der Waals surface area contributed by atoms with E-state index in [-0.39, 0.29) is 5.56 Å². The van der Waals surface area contributed by atoms with E-state index in [1.54, 1.807) is 18.2 Å². The molecule has 0 aliphatic heterocycles. The van der Waals surface area contributed by atoms with Crippen LogP contribution < -0.4 is 0 Å². The SMILES string of the molecule is CC(=O)OC1C=CC(OC(C)=O)C(O)(COC(=O)c2ccccc2)C1O. The molecular formula is C18H20O8. The molecule has 0 saturated carbocycles. The Kier molecular flexibility index (Phi) is 6.12. The van der Waals surface area contributed by atoms with Crippen LogP contribution in [0, 0.1) is 0 Å². The van der Waals surface area contributed by atoms with Gasteiger partial charge in [-0.25, -0.2) is 4.79 Å². The Balaban J connectivity index is 2.20. The monoisotopic (exact) mass is 364 g/mol. The molecule has 0 amide bonds. The van der Waals surface area contributed by atoms with Crippen molar-refractivity contribution < 1.29 is 38.8 Å². The molecule has 26 heavy (non-hydrogen) atoms. The van der Waals surface area contributed by atoms with Crippen LogP contribution in [-0.2, 0) is 23.8 Å². The van der Waals surface area contributed by atoms with Gasteiger partial charge in [-0.05, 0) is 24.3 Å². The summed E-state index contributed by atoms with van der Waals surface area (Å²) >= 11 is 0. The van der Waals surface area contributed by atoms with Gasteiger partial charge in [-0.1, -0.05) is 18.2 Å². The molecule has 4 atom stereocenters. The molecular weight excluding hydrogens is 344 g/mol. The molecule has 1 aliphatic rings. The van der Waals surface area contributed by atoms with Gasteiger partial charge < -0.3 is 24.4 Å². The van der Waals surface area contributed by atoms with Crippen LogP contribution in [0.3, 0.4) is 0 Å². The Labute approximate surface area is 150 Å². The zero-order valence-electron chi connectivity index (χ0n) is 14.3. The maximum absolute atomic E-state index is 12.1. The number of ether oxygens (including phenoxy) is 3. The van der Waals surface area contributed by atoms with E-state index in [1.165, 1.54) is 24.3 Å². The minimum absolute atomic E-state index is 0.248. The zero-order valence-corrected chi connectivity index (χ0v) is 14.3. The van der Waals surface area contributed by atoms with Crippen LogP contribution in [0.25, 0.3) is 0 Å². The Morgan fingerprint density at radius 3 is 2.23 bits per heavy atom. The fraction of sp³-hybridized carbons (Fsp3) is 0.389. The van der Waals surface area contributed by atoms with Crippen LogP contribution in [0.1, 0.15) is 24.2 Å². The molecule has 1 aromatic rings. The van der Waals surface area contributed by atoms with Crippen LogP contribution in [0.4, 0.5) is 0 Å². The summed E-state index contributed by atoms with van der Waals surface area (Å²) in [7, 11) is 0. The van der Waals surface area contributed by atoms with Gasteiger partial charge in [0.2, 0.25) is 0 Å². The minimum Gasteiger partial charge on any atom is -0.459 e. The Morgan fingerprint density at radius 1 is 1.04 bits per heavy atom. The van der Waals surface area contributed by atoms with Crippen molar-refractivity contribution in [1.82, 2.24) is 0 Å². The van der Waals surface area contributed by atoms with Crippen LogP contribution >= 0.6 is 0 Å². The average Bonchev–Trinajstić information content (AvgIpc) is 2.60. The summed E-state index contributed by atoms with van der Waals surface area (Å²) in [5, 5.41) is 21.3. The van der Waals surface area contributed by atoms with Gasteiger partial charge in [-0.15, -0.1) is 0 Å². The highest BCUT2D eigenvalue weighted by atomic mass is 16.6. The molecule has 0 radical (unpaired) electrons. The molecule has 140 valence electrons. The second-order valence-corrected chi connectivity index (χ2v) is 5.87. The standard InChI is InChI=1S/C18H20O8/c1-11(19)25-14-8-9-15(26-12(2)20)18(23,16(14)21)10-24-17(22)13-6-4-3-5-7-13/h3-9,14-16,21,23H,10H2,1-2H3. The molecule has 0 aromatic heterocycles. The van der Waals surface area contributed by atoms with Crippen molar-refractivity contribution in [2.75, 3.05) is 6.61 Å². The predicted octanol–water partition coefficient (Wildman–Crippen LogP) is 0.369. The summed E-state index contributed by atoms with van der Waals surface area (Å²) in [5.74, 6) is -2.11. The van der Waals surface area contributed by atoms with Crippen LogP contribution in [0.5, 0.6) is 0 Å². The maximum Gasteiger partial charge on any atom is 0.338 e. The third-order valence-corrected chi connectivity index (χ3v) is 3.83. The van der Waals surface area contributed by atoms with Gasteiger partial charge in [0.05, 0.1) is 5.56 Å². The van der Waals surface area contributed by atoms with Gasteiger partial charge in [-0.3, -0.25) is 9.59 Å². The lowest BCUT2D eigenvalue weighted by molar-refractivity contribution is -0.205. The summed E-state index contributed by atoms with van der Waals surface area (Å²) in [6, 6.07) is 8.05. The molecule has 0 fully saturated rings. The smallest absolute Gasteiger partial charge is 0.338 e. The van der Waals surface area contributed by atoms with Crippen molar-refractivity contribution >= 4 is 17.9 Å². The van der Waals surface area contributed by atoms with E-state index in [4.69, 9.17) is 14.2 Å². The number of benzene rings is 1. The van der Waals surface area contributed by atoms with E-state index in [9.17, 15) is 24.6 Å². The predicted molar refractivity (Wildman–Crippen MR) is 87.9 cm³/mol. The van der Waals surface area contributed by atoms with Crippen LogP contribution in [0.15, 0.2) is 42.5 Å². The molecule has 0 heterocycles. The molecule has 4 unspecified atom stereocenters. The second-order valence-electron chi connectivity index (χ2n) is 5.87. The highest BCUT2D eigenvalue weighted by Gasteiger charge is 2.52. The van der Waals surface area contributed by atoms with Crippen molar-refractivity contribution in [2.24, 2.45) is 0 Å². The first-order valence-corrected chi connectivity index (χ1v) is 7.89. The lowest BCUT2D eigenvalue weighted by atomic mass is 9.82. The summed E-state index contributed by atoms with van der Waals surface area (Å²) < 4.78 is 15.0. The normalized spacial score (nSPS) is 27.5. The number of aliphatic hydroxyl groups is 2. The third kappa shape index (κ3) is 4.47. The number of carbonyl (C=O) groups is 3. The van der Waals surface area contributed by atoms with Gasteiger partial charge >= 0.3 is 17.9 Å². The molecule has 8 heteroatoms. The van der Waals surface area contributed by atoms with Crippen molar-refractivity contribution in [3.8, 4) is 0 Å². The van der Waals surface area contributed by atoms with Gasteiger partial charge in [0, 0.05) is 13.8 Å². The summed E-state index contributed by atoms with van der Waals surface area (Å²) in [4.78, 5) is 34.5. The second kappa shape index (κ2) is 8.11.